The van der Waals surface area contributed by atoms with Crippen molar-refractivity contribution in [3.8, 4) is 11.6 Å². The summed E-state index contributed by atoms with van der Waals surface area (Å²) in [4.78, 5) is 33.7. The predicted octanol–water partition coefficient (Wildman–Crippen LogP) is 1.92. The Kier molecular flexibility index (Phi) is 6.28. The molecule has 0 fully saturated rings. The van der Waals surface area contributed by atoms with E-state index in [1.54, 1.807) is 54.3 Å². The maximum absolute atomic E-state index is 12.8. The van der Waals surface area contributed by atoms with Crippen LogP contribution >= 0.6 is 0 Å². The van der Waals surface area contributed by atoms with Crippen molar-refractivity contribution < 1.29 is 14.0 Å². The second-order valence-corrected chi connectivity index (χ2v) is 8.07. The molecule has 0 radical (unpaired) electrons. The van der Waals surface area contributed by atoms with E-state index < -0.39 is 6.03 Å². The Labute approximate surface area is 204 Å². The van der Waals surface area contributed by atoms with Crippen LogP contribution in [0.25, 0.3) is 28.3 Å². The third-order valence-corrected chi connectivity index (χ3v) is 5.32. The molecule has 4 heterocycles. The Morgan fingerprint density at radius 3 is 2.67 bits per heavy atom. The van der Waals surface area contributed by atoms with Crippen LogP contribution in [-0.4, -0.2) is 54.4 Å². The van der Waals surface area contributed by atoms with Crippen molar-refractivity contribution in [3.63, 3.8) is 0 Å². The molecule has 5 aromatic rings. The molecule has 0 aliphatic rings. The van der Waals surface area contributed by atoms with E-state index in [1.165, 1.54) is 10.8 Å². The number of nitrogens with two attached hydrogens (primary N) is 1. The molecule has 0 atom stereocenters. The third kappa shape index (κ3) is 4.86. The van der Waals surface area contributed by atoms with Crippen LogP contribution in [-0.2, 0) is 18.3 Å². The van der Waals surface area contributed by atoms with Crippen molar-refractivity contribution in [1.82, 2.24) is 34.7 Å². The van der Waals surface area contributed by atoms with E-state index >= 15 is 0 Å². The number of nitrogens with zero attached hydrogens (tertiary/aromatic N) is 6. The first-order valence-corrected chi connectivity index (χ1v) is 11.3. The molecule has 5 rings (SSSR count). The van der Waals surface area contributed by atoms with Crippen LogP contribution in [0.5, 0.6) is 0 Å². The number of benzene rings is 1. The van der Waals surface area contributed by atoms with Gasteiger partial charge in [0.25, 0.3) is 0 Å². The Balaban J connectivity index is 1.32. The summed E-state index contributed by atoms with van der Waals surface area (Å²) >= 11 is 0. The van der Waals surface area contributed by atoms with E-state index in [4.69, 9.17) is 10.2 Å². The van der Waals surface area contributed by atoms with Crippen LogP contribution in [0.2, 0.25) is 0 Å². The van der Waals surface area contributed by atoms with Gasteiger partial charge in [-0.2, -0.15) is 14.6 Å². The molecule has 184 valence electrons. The number of nitrogens with one attached hydrogen (secondary N) is 3. The van der Waals surface area contributed by atoms with Crippen molar-refractivity contribution in [2.45, 2.75) is 12.8 Å². The molecular formula is C23H24N10O3. The normalized spacial score (nSPS) is 11.2. The summed E-state index contributed by atoms with van der Waals surface area (Å²) in [7, 11) is 1.77. The Morgan fingerprint density at radius 2 is 1.92 bits per heavy atom. The zero-order valence-corrected chi connectivity index (χ0v) is 19.4. The minimum Gasteiger partial charge on any atom is -0.461 e. The number of aryl methyl sites for hydroxylation is 1. The monoisotopic (exact) mass is 488 g/mol. The van der Waals surface area contributed by atoms with Gasteiger partial charge in [0.15, 0.2) is 17.1 Å². The second kappa shape index (κ2) is 9.84. The maximum atomic E-state index is 12.8. The number of hydrogen-bond donors (Lipinski definition) is 4. The van der Waals surface area contributed by atoms with E-state index in [0.717, 1.165) is 12.0 Å². The first-order chi connectivity index (χ1) is 17.5. The topological polar surface area (TPSA) is 170 Å². The number of urea groups is 1. The second-order valence-electron chi connectivity index (χ2n) is 8.07. The van der Waals surface area contributed by atoms with Crippen LogP contribution in [0.3, 0.4) is 0 Å². The lowest BCUT2D eigenvalue weighted by atomic mass is 10.1. The Hall–Kier alpha value is -4.78. The van der Waals surface area contributed by atoms with Gasteiger partial charge in [-0.05, 0) is 42.8 Å². The van der Waals surface area contributed by atoms with E-state index in [-0.39, 0.29) is 18.3 Å². The fraction of sp³-hybridized carbons (Fsp3) is 0.217. The number of carbonyl (C=O) groups excluding carboxylic acids is 2. The van der Waals surface area contributed by atoms with E-state index in [9.17, 15) is 9.59 Å². The Morgan fingerprint density at radius 1 is 1.08 bits per heavy atom. The average molecular weight is 489 g/mol. The quantitative estimate of drug-likeness (QED) is 0.240. The van der Waals surface area contributed by atoms with E-state index in [0.29, 0.717) is 47.0 Å². The van der Waals surface area contributed by atoms with Crippen molar-refractivity contribution in [2.24, 2.45) is 12.8 Å². The number of carbonyl (C=O) groups is 2. The standard InChI is InChI=1S/C23H24N10O3/c1-32-13-16-19(30-32)28-22(33-21(16)27-20(31-33)17-4-2-11-36-17)29-23(35)26-15-7-5-14(6-8-15)12-18(34)25-10-3-9-24/h2,4-8,11,13H,3,9-10,12,24H2,1H3,(H,25,34)(H2,26,28,29,30,35). The van der Waals surface area contributed by atoms with E-state index in [1.807, 2.05) is 0 Å². The van der Waals surface area contributed by atoms with Crippen molar-refractivity contribution in [1.29, 1.82) is 0 Å². The molecule has 0 saturated carbocycles. The summed E-state index contributed by atoms with van der Waals surface area (Å²) in [5, 5.41) is 17.8. The molecule has 13 nitrogen and oxygen atoms in total. The van der Waals surface area contributed by atoms with Gasteiger partial charge in [0.1, 0.15) is 0 Å². The SMILES string of the molecule is Cn1cc2c(nc(NC(=O)Nc3ccc(CC(=O)NCCCN)cc3)n3nc(-c4ccco4)nc23)n1. The van der Waals surface area contributed by atoms with Crippen LogP contribution in [0, 0.1) is 0 Å². The Bertz CT molecular complexity index is 1520. The van der Waals surface area contributed by atoms with Crippen LogP contribution in [0.15, 0.2) is 53.3 Å². The number of hydrogen-bond acceptors (Lipinski definition) is 8. The zero-order chi connectivity index (χ0) is 25.1. The lowest BCUT2D eigenvalue weighted by molar-refractivity contribution is -0.120. The number of rotatable bonds is 8. The molecule has 5 N–H and O–H groups in total. The number of anilines is 2. The molecule has 0 saturated heterocycles. The highest BCUT2D eigenvalue weighted by Crippen LogP contribution is 2.24. The summed E-state index contributed by atoms with van der Waals surface area (Å²) in [5.74, 6) is 0.900. The maximum Gasteiger partial charge on any atom is 0.326 e. The van der Waals surface area contributed by atoms with Crippen molar-refractivity contribution >= 4 is 40.3 Å². The number of aromatic nitrogens is 6. The predicted molar refractivity (Wildman–Crippen MR) is 132 cm³/mol. The van der Waals surface area contributed by atoms with Gasteiger partial charge in [0.2, 0.25) is 17.7 Å². The van der Waals surface area contributed by atoms with Gasteiger partial charge in [-0.1, -0.05) is 12.1 Å². The third-order valence-electron chi connectivity index (χ3n) is 5.32. The van der Waals surface area contributed by atoms with Crippen LogP contribution in [0.1, 0.15) is 12.0 Å². The van der Waals surface area contributed by atoms with Crippen LogP contribution in [0.4, 0.5) is 16.4 Å². The van der Waals surface area contributed by atoms with Crippen molar-refractivity contribution in [2.75, 3.05) is 23.7 Å². The first-order valence-electron chi connectivity index (χ1n) is 11.3. The van der Waals surface area contributed by atoms with Gasteiger partial charge in [-0.25, -0.2) is 9.78 Å². The van der Waals surface area contributed by atoms with Gasteiger partial charge in [-0.15, -0.1) is 5.10 Å². The summed E-state index contributed by atoms with van der Waals surface area (Å²) in [6, 6.07) is 9.96. The fourth-order valence-corrected chi connectivity index (χ4v) is 3.64. The number of furan rings is 1. The van der Waals surface area contributed by atoms with Gasteiger partial charge < -0.3 is 20.8 Å². The summed E-state index contributed by atoms with van der Waals surface area (Å²) < 4.78 is 8.47. The van der Waals surface area contributed by atoms with E-state index in [2.05, 4.69) is 36.1 Å². The van der Waals surface area contributed by atoms with Crippen molar-refractivity contribution in [3.05, 3.63) is 54.4 Å². The molecule has 1 aromatic carbocycles. The summed E-state index contributed by atoms with van der Waals surface area (Å²) in [5.41, 5.74) is 7.69. The molecule has 0 aliphatic heterocycles. The molecular weight excluding hydrogens is 464 g/mol. The highest BCUT2D eigenvalue weighted by molar-refractivity contribution is 6.00. The largest absolute Gasteiger partial charge is 0.461 e. The molecule has 0 bridgehead atoms. The van der Waals surface area contributed by atoms with Gasteiger partial charge in [0, 0.05) is 25.5 Å². The molecule has 36 heavy (non-hydrogen) atoms. The van der Waals surface area contributed by atoms with Gasteiger partial charge in [0.05, 0.1) is 18.1 Å². The number of amides is 3. The van der Waals surface area contributed by atoms with Crippen LogP contribution < -0.4 is 21.7 Å². The van der Waals surface area contributed by atoms with Gasteiger partial charge in [-0.3, -0.25) is 14.8 Å². The summed E-state index contributed by atoms with van der Waals surface area (Å²) in [6.45, 7) is 1.08. The molecule has 13 heteroatoms. The average Bonchev–Trinajstić information content (AvgIpc) is 3.59. The zero-order valence-electron chi connectivity index (χ0n) is 19.4. The smallest absolute Gasteiger partial charge is 0.326 e. The number of fused-ring (bicyclic) bond motifs is 3. The summed E-state index contributed by atoms with van der Waals surface area (Å²) in [6.07, 6.45) is 4.29. The molecule has 0 spiro atoms. The minimum absolute atomic E-state index is 0.0799. The van der Waals surface area contributed by atoms with Gasteiger partial charge >= 0.3 is 6.03 Å². The first kappa shape index (κ1) is 23.0. The molecule has 4 aromatic heterocycles. The molecule has 3 amide bonds. The highest BCUT2D eigenvalue weighted by Gasteiger charge is 2.19. The fourth-order valence-electron chi connectivity index (χ4n) is 3.64. The molecule has 0 unspecified atom stereocenters. The lowest BCUT2D eigenvalue weighted by Crippen LogP contribution is -2.27. The lowest BCUT2D eigenvalue weighted by Gasteiger charge is -2.09. The highest BCUT2D eigenvalue weighted by atomic mass is 16.3. The minimum atomic E-state index is -0.526. The molecule has 0 aliphatic carbocycles.